The Balaban J connectivity index is 1.74. The van der Waals surface area contributed by atoms with Gasteiger partial charge in [0.25, 0.3) is 5.91 Å². The lowest BCUT2D eigenvalue weighted by atomic mass is 10.1. The van der Waals surface area contributed by atoms with Gasteiger partial charge >= 0.3 is 0 Å². The molecule has 138 valence electrons. The number of anilines is 2. The molecule has 0 spiro atoms. The molecule has 5 heteroatoms. The maximum absolute atomic E-state index is 12.5. The number of carbonyl (C=O) groups excluding carboxylic acids is 1. The molecule has 1 fully saturated rings. The van der Waals surface area contributed by atoms with Crippen LogP contribution in [0.25, 0.3) is 6.08 Å². The molecular weight excluding hydrogens is 358 g/mol. The van der Waals surface area contributed by atoms with E-state index >= 15 is 0 Å². The molecule has 0 bridgehead atoms. The second-order valence-corrected chi connectivity index (χ2v) is 7.08. The highest BCUT2D eigenvalue weighted by Gasteiger charge is 2.13. The molecule has 0 aliphatic carbocycles. The fraction of sp³-hybridized carbons (Fsp3) is 0.273. The van der Waals surface area contributed by atoms with Crippen LogP contribution in [-0.2, 0) is 4.79 Å². The molecule has 1 heterocycles. The molecule has 0 unspecified atom stereocenters. The maximum atomic E-state index is 12.5. The molecule has 1 amide bonds. The third-order valence-corrected chi connectivity index (χ3v) is 5.22. The molecule has 0 saturated carbocycles. The van der Waals surface area contributed by atoms with E-state index < -0.39 is 5.91 Å². The molecule has 1 saturated heterocycles. The van der Waals surface area contributed by atoms with Crippen LogP contribution in [0, 0.1) is 18.3 Å². The first-order valence-electron chi connectivity index (χ1n) is 9.12. The topological polar surface area (TPSA) is 56.1 Å². The highest BCUT2D eigenvalue weighted by molar-refractivity contribution is 6.31. The summed E-state index contributed by atoms with van der Waals surface area (Å²) in [4.78, 5) is 14.8. The number of rotatable bonds is 4. The van der Waals surface area contributed by atoms with Gasteiger partial charge in [-0.1, -0.05) is 29.8 Å². The van der Waals surface area contributed by atoms with E-state index in [1.165, 1.54) is 24.9 Å². The third-order valence-electron chi connectivity index (χ3n) is 4.81. The molecule has 1 N–H and O–H groups in total. The molecule has 2 aromatic rings. The van der Waals surface area contributed by atoms with E-state index in [1.54, 1.807) is 24.3 Å². The lowest BCUT2D eigenvalue weighted by Gasteiger charge is -2.28. The summed E-state index contributed by atoms with van der Waals surface area (Å²) in [5.41, 5.74) is 3.44. The average molecular weight is 380 g/mol. The predicted octanol–water partition coefficient (Wildman–Crippen LogP) is 5.18. The number of amides is 1. The van der Waals surface area contributed by atoms with Crippen molar-refractivity contribution in [1.82, 2.24) is 0 Å². The van der Waals surface area contributed by atoms with Crippen molar-refractivity contribution in [2.45, 2.75) is 26.2 Å². The average Bonchev–Trinajstić information content (AvgIpc) is 2.70. The van der Waals surface area contributed by atoms with Gasteiger partial charge in [-0.3, -0.25) is 4.79 Å². The lowest BCUT2D eigenvalue weighted by Crippen LogP contribution is -2.29. The number of nitrogens with one attached hydrogen (secondary N) is 1. The van der Waals surface area contributed by atoms with E-state index in [9.17, 15) is 10.1 Å². The van der Waals surface area contributed by atoms with Crippen LogP contribution in [0.5, 0.6) is 0 Å². The Morgan fingerprint density at radius 2 is 1.85 bits per heavy atom. The quantitative estimate of drug-likeness (QED) is 0.587. The Morgan fingerprint density at radius 3 is 2.52 bits per heavy atom. The van der Waals surface area contributed by atoms with Crippen molar-refractivity contribution in [2.24, 2.45) is 0 Å². The van der Waals surface area contributed by atoms with E-state index in [4.69, 9.17) is 11.6 Å². The third kappa shape index (κ3) is 4.69. The first kappa shape index (κ1) is 19.0. The minimum atomic E-state index is -0.442. The largest absolute Gasteiger partial charge is 0.372 e. The number of halogens is 1. The number of piperidine rings is 1. The van der Waals surface area contributed by atoms with E-state index in [1.807, 2.05) is 37.3 Å². The van der Waals surface area contributed by atoms with Crippen molar-refractivity contribution in [3.05, 3.63) is 64.2 Å². The van der Waals surface area contributed by atoms with Gasteiger partial charge in [-0.05, 0) is 67.7 Å². The van der Waals surface area contributed by atoms with E-state index in [-0.39, 0.29) is 5.57 Å². The van der Waals surface area contributed by atoms with Gasteiger partial charge in [0.05, 0.1) is 0 Å². The van der Waals surface area contributed by atoms with Crippen LogP contribution in [0.3, 0.4) is 0 Å². The zero-order valence-electron chi connectivity index (χ0n) is 15.3. The molecule has 0 radical (unpaired) electrons. The van der Waals surface area contributed by atoms with Crippen LogP contribution in [0.4, 0.5) is 11.4 Å². The van der Waals surface area contributed by atoms with Gasteiger partial charge in [-0.25, -0.2) is 0 Å². The van der Waals surface area contributed by atoms with Crippen LogP contribution >= 0.6 is 11.6 Å². The lowest BCUT2D eigenvalue weighted by molar-refractivity contribution is -0.112. The van der Waals surface area contributed by atoms with Gasteiger partial charge < -0.3 is 10.2 Å². The normalized spacial score (nSPS) is 14.6. The van der Waals surface area contributed by atoms with Crippen LogP contribution in [-0.4, -0.2) is 19.0 Å². The first-order chi connectivity index (χ1) is 13.1. The monoisotopic (exact) mass is 379 g/mol. The number of hydrogen-bond donors (Lipinski definition) is 1. The van der Waals surface area contributed by atoms with Crippen molar-refractivity contribution in [3.8, 4) is 6.07 Å². The molecule has 1 aliphatic heterocycles. The Labute approximate surface area is 165 Å². The summed E-state index contributed by atoms with van der Waals surface area (Å²) in [6.45, 7) is 3.99. The summed E-state index contributed by atoms with van der Waals surface area (Å²) >= 11 is 6.08. The van der Waals surface area contributed by atoms with Gasteiger partial charge in [0.2, 0.25) is 0 Å². The fourth-order valence-corrected chi connectivity index (χ4v) is 3.36. The molecule has 27 heavy (non-hydrogen) atoms. The number of carbonyl (C=O) groups is 1. The Morgan fingerprint density at radius 1 is 1.15 bits per heavy atom. The number of nitrogens with zero attached hydrogens (tertiary/aromatic N) is 2. The van der Waals surface area contributed by atoms with E-state index in [2.05, 4.69) is 10.2 Å². The number of benzene rings is 2. The number of hydrogen-bond acceptors (Lipinski definition) is 3. The highest BCUT2D eigenvalue weighted by atomic mass is 35.5. The highest BCUT2D eigenvalue weighted by Crippen LogP contribution is 2.24. The summed E-state index contributed by atoms with van der Waals surface area (Å²) in [6, 6.07) is 15.3. The van der Waals surface area contributed by atoms with Crippen LogP contribution in [0.1, 0.15) is 30.4 Å². The van der Waals surface area contributed by atoms with Crippen molar-refractivity contribution < 1.29 is 4.79 Å². The first-order valence-corrected chi connectivity index (χ1v) is 9.49. The van der Waals surface area contributed by atoms with E-state index in [0.717, 1.165) is 24.2 Å². The Hall–Kier alpha value is -2.77. The van der Waals surface area contributed by atoms with Gasteiger partial charge in [-0.15, -0.1) is 0 Å². The maximum Gasteiger partial charge on any atom is 0.266 e. The molecule has 1 aliphatic rings. The smallest absolute Gasteiger partial charge is 0.266 e. The van der Waals surface area contributed by atoms with Gasteiger partial charge in [-0.2, -0.15) is 5.26 Å². The molecule has 0 atom stereocenters. The minimum absolute atomic E-state index is 0.0556. The van der Waals surface area contributed by atoms with Crippen LogP contribution < -0.4 is 10.2 Å². The summed E-state index contributed by atoms with van der Waals surface area (Å²) in [6.07, 6.45) is 5.35. The summed E-state index contributed by atoms with van der Waals surface area (Å²) in [7, 11) is 0. The summed E-state index contributed by atoms with van der Waals surface area (Å²) in [5.74, 6) is -0.442. The van der Waals surface area contributed by atoms with Crippen molar-refractivity contribution >= 4 is 35.0 Å². The molecule has 4 nitrogen and oxygen atoms in total. The zero-order chi connectivity index (χ0) is 19.2. The Kier molecular flexibility index (Phi) is 6.16. The summed E-state index contributed by atoms with van der Waals surface area (Å²) in [5, 5.41) is 12.7. The van der Waals surface area contributed by atoms with Crippen LogP contribution in [0.15, 0.2) is 48.0 Å². The second kappa shape index (κ2) is 8.75. The van der Waals surface area contributed by atoms with Crippen molar-refractivity contribution in [2.75, 3.05) is 23.3 Å². The second-order valence-electron chi connectivity index (χ2n) is 6.68. The van der Waals surface area contributed by atoms with Gasteiger partial charge in [0.15, 0.2) is 0 Å². The summed E-state index contributed by atoms with van der Waals surface area (Å²) < 4.78 is 0. The van der Waals surface area contributed by atoms with Crippen LogP contribution in [0.2, 0.25) is 5.02 Å². The molecular formula is C22H22ClN3O. The predicted molar refractivity (Wildman–Crippen MR) is 111 cm³/mol. The fourth-order valence-electron chi connectivity index (χ4n) is 3.18. The molecule has 3 rings (SSSR count). The SMILES string of the molecule is Cc1c(Cl)cccc1NC(=O)/C(C#N)=C\c1ccc(N2CCCCC2)cc1. The van der Waals surface area contributed by atoms with Gasteiger partial charge in [0.1, 0.15) is 11.6 Å². The van der Waals surface area contributed by atoms with Crippen molar-refractivity contribution in [1.29, 1.82) is 5.26 Å². The zero-order valence-corrected chi connectivity index (χ0v) is 16.1. The minimum Gasteiger partial charge on any atom is -0.372 e. The molecule has 0 aromatic heterocycles. The Bertz CT molecular complexity index is 891. The van der Waals surface area contributed by atoms with Crippen molar-refractivity contribution in [3.63, 3.8) is 0 Å². The standard InChI is InChI=1S/C22H22ClN3O/c1-16-20(23)6-5-7-21(16)25-22(27)18(15-24)14-17-8-10-19(11-9-17)26-12-3-2-4-13-26/h5-11,14H,2-4,12-13H2,1H3,(H,25,27)/b18-14-. The van der Waals surface area contributed by atoms with Gasteiger partial charge in [0, 0.05) is 29.5 Å². The van der Waals surface area contributed by atoms with E-state index in [0.29, 0.717) is 10.7 Å². The molecule has 2 aromatic carbocycles. The number of nitriles is 1.